The van der Waals surface area contributed by atoms with Crippen molar-refractivity contribution in [2.75, 3.05) is 0 Å². The maximum Gasteiger partial charge on any atom is -0.0134 e. The minimum absolute atomic E-state index is 1.06. The number of halogens is 1. The van der Waals surface area contributed by atoms with Gasteiger partial charge in [0.1, 0.15) is 0 Å². The third-order valence-corrected chi connectivity index (χ3v) is 2.79. The Kier molecular flexibility index (Phi) is 9.46. The summed E-state index contributed by atoms with van der Waals surface area (Å²) in [6, 6.07) is 0. The molecule has 0 spiro atoms. The smallest absolute Gasteiger partial charge is 0.0134 e. The molecule has 0 atom stereocenters. The molecule has 0 unspecified atom stereocenters. The lowest BCUT2D eigenvalue weighted by Crippen LogP contribution is -1.82. The Balaban J connectivity index is 3.39. The lowest BCUT2D eigenvalue weighted by molar-refractivity contribution is 0.661. The summed E-state index contributed by atoms with van der Waals surface area (Å²) in [7, 11) is 0. The first-order valence-electron chi connectivity index (χ1n) is 4.74. The molecule has 12 heavy (non-hydrogen) atoms. The zero-order chi connectivity index (χ0) is 9.23. The summed E-state index contributed by atoms with van der Waals surface area (Å²) in [5, 5.41) is 0. The molecule has 70 valence electrons. The van der Waals surface area contributed by atoms with Gasteiger partial charge < -0.3 is 0 Å². The van der Waals surface area contributed by atoms with E-state index in [9.17, 15) is 0 Å². The van der Waals surface area contributed by atoms with E-state index in [-0.39, 0.29) is 0 Å². The van der Waals surface area contributed by atoms with Crippen LogP contribution in [0.2, 0.25) is 0 Å². The van der Waals surface area contributed by atoms with Crippen LogP contribution in [0.25, 0.3) is 0 Å². The van der Waals surface area contributed by atoms with Crippen molar-refractivity contribution in [3.05, 3.63) is 22.3 Å². The van der Waals surface area contributed by atoms with Crippen LogP contribution in [0.15, 0.2) is 22.3 Å². The van der Waals surface area contributed by atoms with Gasteiger partial charge in [0, 0.05) is 0 Å². The lowest BCUT2D eigenvalue weighted by atomic mass is 10.1. The zero-order valence-electron chi connectivity index (χ0n) is 7.98. The second kappa shape index (κ2) is 9.30. The number of rotatable bonds is 7. The first kappa shape index (κ1) is 12.2. The van der Waals surface area contributed by atoms with Crippen molar-refractivity contribution >= 4 is 22.6 Å². The molecule has 0 saturated carbocycles. The molecule has 0 fully saturated rings. The molecular formula is C11H19I. The third-order valence-electron chi connectivity index (χ3n) is 1.91. The molecule has 0 rings (SSSR count). The van der Waals surface area contributed by atoms with Crippen LogP contribution < -0.4 is 0 Å². The maximum atomic E-state index is 3.75. The number of allylic oxidation sites excluding steroid dienone is 2. The van der Waals surface area contributed by atoms with E-state index in [2.05, 4.69) is 40.2 Å². The van der Waals surface area contributed by atoms with Crippen LogP contribution in [0.3, 0.4) is 0 Å². The van der Waals surface area contributed by atoms with Crippen molar-refractivity contribution in [1.29, 1.82) is 0 Å². The van der Waals surface area contributed by atoms with Gasteiger partial charge >= 0.3 is 0 Å². The monoisotopic (exact) mass is 278 g/mol. The molecule has 0 nitrogen and oxygen atoms in total. The Morgan fingerprint density at radius 3 is 2.58 bits per heavy atom. The summed E-state index contributed by atoms with van der Waals surface area (Å²) >= 11 is 2.32. The van der Waals surface area contributed by atoms with Crippen molar-refractivity contribution < 1.29 is 0 Å². The SMILES string of the molecule is C=CCC(=CI)CCCCCC. The fraction of sp³-hybridized carbons (Fsp3) is 0.636. The van der Waals surface area contributed by atoms with E-state index < -0.39 is 0 Å². The highest BCUT2D eigenvalue weighted by Gasteiger charge is 1.93. The predicted octanol–water partition coefficient (Wildman–Crippen LogP) is 4.85. The normalized spacial score (nSPS) is 11.7. The average Bonchev–Trinajstić information content (AvgIpc) is 2.10. The van der Waals surface area contributed by atoms with Crippen LogP contribution in [0, 0.1) is 0 Å². The molecule has 0 saturated heterocycles. The highest BCUT2D eigenvalue weighted by molar-refractivity contribution is 14.1. The van der Waals surface area contributed by atoms with Gasteiger partial charge in [-0.15, -0.1) is 6.58 Å². The molecule has 1 heteroatoms. The van der Waals surface area contributed by atoms with Gasteiger partial charge in [-0.05, 0) is 23.3 Å². The second-order valence-corrected chi connectivity index (χ2v) is 3.69. The Morgan fingerprint density at radius 1 is 1.33 bits per heavy atom. The predicted molar refractivity (Wildman–Crippen MR) is 65.7 cm³/mol. The minimum Gasteiger partial charge on any atom is -0.103 e. The van der Waals surface area contributed by atoms with Gasteiger partial charge in [0.2, 0.25) is 0 Å². The molecule has 0 amide bonds. The Bertz CT molecular complexity index is 136. The van der Waals surface area contributed by atoms with Crippen LogP contribution in [-0.4, -0.2) is 0 Å². The molecule has 0 aromatic carbocycles. The van der Waals surface area contributed by atoms with E-state index in [1.807, 2.05) is 6.08 Å². The van der Waals surface area contributed by atoms with Crippen molar-refractivity contribution in [3.8, 4) is 0 Å². The van der Waals surface area contributed by atoms with E-state index >= 15 is 0 Å². The van der Waals surface area contributed by atoms with Gasteiger partial charge in [-0.3, -0.25) is 0 Å². The Labute approximate surface area is 90.3 Å². The van der Waals surface area contributed by atoms with Gasteiger partial charge in [0.05, 0.1) is 0 Å². The van der Waals surface area contributed by atoms with Crippen LogP contribution in [0.1, 0.15) is 45.4 Å². The molecular weight excluding hydrogens is 259 g/mol. The lowest BCUT2D eigenvalue weighted by Gasteiger charge is -2.02. The summed E-state index contributed by atoms with van der Waals surface area (Å²) in [5.74, 6) is 0. The summed E-state index contributed by atoms with van der Waals surface area (Å²) in [5.41, 5.74) is 1.53. The van der Waals surface area contributed by atoms with Crippen molar-refractivity contribution in [2.45, 2.75) is 45.4 Å². The first-order chi connectivity index (χ1) is 5.85. The van der Waals surface area contributed by atoms with Crippen LogP contribution in [0.4, 0.5) is 0 Å². The van der Waals surface area contributed by atoms with Gasteiger partial charge in [0.15, 0.2) is 0 Å². The number of hydrogen-bond donors (Lipinski definition) is 0. The molecule has 0 aromatic rings. The van der Waals surface area contributed by atoms with Crippen LogP contribution in [-0.2, 0) is 0 Å². The molecule has 0 aliphatic heterocycles. The largest absolute Gasteiger partial charge is 0.103 e. The van der Waals surface area contributed by atoms with E-state index in [1.54, 1.807) is 0 Å². The number of unbranched alkanes of at least 4 members (excludes halogenated alkanes) is 3. The van der Waals surface area contributed by atoms with Gasteiger partial charge in [0.25, 0.3) is 0 Å². The Hall–Kier alpha value is 0.210. The van der Waals surface area contributed by atoms with E-state index in [4.69, 9.17) is 0 Å². The van der Waals surface area contributed by atoms with Crippen LogP contribution in [0.5, 0.6) is 0 Å². The van der Waals surface area contributed by atoms with Crippen molar-refractivity contribution in [2.24, 2.45) is 0 Å². The van der Waals surface area contributed by atoms with E-state index in [0.29, 0.717) is 0 Å². The quantitative estimate of drug-likeness (QED) is 0.354. The topological polar surface area (TPSA) is 0 Å². The van der Waals surface area contributed by atoms with Gasteiger partial charge in [-0.25, -0.2) is 0 Å². The highest BCUT2D eigenvalue weighted by Crippen LogP contribution is 2.15. The maximum absolute atomic E-state index is 3.75. The fourth-order valence-electron chi connectivity index (χ4n) is 1.17. The summed E-state index contributed by atoms with van der Waals surface area (Å²) < 4.78 is 2.20. The van der Waals surface area contributed by atoms with Gasteiger partial charge in [-0.1, -0.05) is 60.4 Å². The standard InChI is InChI=1S/C11H19I/c1-3-5-6-7-9-11(10-12)8-4-2/h4,10H,2-3,5-9H2,1H3. The third kappa shape index (κ3) is 6.89. The Morgan fingerprint density at radius 2 is 2.08 bits per heavy atom. The van der Waals surface area contributed by atoms with Crippen molar-refractivity contribution in [3.63, 3.8) is 0 Å². The van der Waals surface area contributed by atoms with E-state index in [0.717, 1.165) is 6.42 Å². The van der Waals surface area contributed by atoms with E-state index in [1.165, 1.54) is 37.7 Å². The second-order valence-electron chi connectivity index (χ2n) is 3.07. The molecule has 0 N–H and O–H groups in total. The van der Waals surface area contributed by atoms with Crippen molar-refractivity contribution in [1.82, 2.24) is 0 Å². The minimum atomic E-state index is 1.06. The molecule has 0 bridgehead atoms. The first-order valence-corrected chi connectivity index (χ1v) is 5.98. The van der Waals surface area contributed by atoms with Crippen LogP contribution >= 0.6 is 22.6 Å². The molecule has 0 radical (unpaired) electrons. The molecule has 0 aromatic heterocycles. The molecule has 0 heterocycles. The zero-order valence-corrected chi connectivity index (χ0v) is 10.1. The highest BCUT2D eigenvalue weighted by atomic mass is 127. The molecule has 0 aliphatic carbocycles. The average molecular weight is 278 g/mol. The summed E-state index contributed by atoms with van der Waals surface area (Å²) in [4.78, 5) is 0. The van der Waals surface area contributed by atoms with Gasteiger partial charge in [-0.2, -0.15) is 0 Å². The number of hydrogen-bond acceptors (Lipinski definition) is 0. The molecule has 0 aliphatic rings. The summed E-state index contributed by atoms with van der Waals surface area (Å²) in [6.45, 7) is 6.00. The fourth-order valence-corrected chi connectivity index (χ4v) is 1.73. The summed E-state index contributed by atoms with van der Waals surface area (Å²) in [6.07, 6.45) is 9.74.